The molecule has 1 aromatic carbocycles. The lowest BCUT2D eigenvalue weighted by Crippen LogP contribution is -2.53. The van der Waals surface area contributed by atoms with E-state index in [0.717, 1.165) is 17.7 Å². The first-order valence-corrected chi connectivity index (χ1v) is 12.1. The van der Waals surface area contributed by atoms with Gasteiger partial charge in [0.15, 0.2) is 0 Å². The Morgan fingerprint density at radius 3 is 2.47 bits per heavy atom. The number of likely N-dealkylation sites (tertiary alicyclic amines) is 1. The maximum absolute atomic E-state index is 13.0. The van der Waals surface area contributed by atoms with Gasteiger partial charge in [-0.05, 0) is 55.1 Å². The summed E-state index contributed by atoms with van der Waals surface area (Å²) in [6.07, 6.45) is 9.52. The quantitative estimate of drug-likeness (QED) is 0.450. The molecule has 7 nitrogen and oxygen atoms in total. The molecule has 2 saturated heterocycles. The van der Waals surface area contributed by atoms with Crippen LogP contribution >= 0.6 is 0 Å². The molecule has 0 aliphatic carbocycles. The highest BCUT2D eigenvalue weighted by Gasteiger charge is 2.39. The van der Waals surface area contributed by atoms with Gasteiger partial charge in [-0.3, -0.25) is 24.6 Å². The predicted octanol–water partition coefficient (Wildman–Crippen LogP) is 2.88. The SMILES string of the molecule is C=C/C=C\C1=C(COCc2ccc(CN3CCCCC3)cc2)CN(C2CCC(=O)NC2=O)C1=O. The van der Waals surface area contributed by atoms with E-state index in [1.807, 2.05) is 0 Å². The number of hydrogen-bond donors (Lipinski definition) is 1. The molecule has 0 radical (unpaired) electrons. The lowest BCUT2D eigenvalue weighted by Gasteiger charge is -2.29. The topological polar surface area (TPSA) is 79.0 Å². The number of amides is 3. The summed E-state index contributed by atoms with van der Waals surface area (Å²) in [4.78, 5) is 40.9. The molecule has 3 aliphatic heterocycles. The van der Waals surface area contributed by atoms with E-state index in [0.29, 0.717) is 31.8 Å². The fourth-order valence-corrected chi connectivity index (χ4v) is 4.79. The lowest BCUT2D eigenvalue weighted by atomic mass is 10.0. The van der Waals surface area contributed by atoms with Crippen LogP contribution in [0.3, 0.4) is 0 Å². The number of hydrogen-bond acceptors (Lipinski definition) is 5. The van der Waals surface area contributed by atoms with Crippen molar-refractivity contribution in [3.05, 3.63) is 71.3 Å². The van der Waals surface area contributed by atoms with Crippen LogP contribution in [0.5, 0.6) is 0 Å². The Labute approximate surface area is 201 Å². The van der Waals surface area contributed by atoms with Gasteiger partial charge in [0, 0.05) is 25.1 Å². The van der Waals surface area contributed by atoms with Gasteiger partial charge in [0.25, 0.3) is 5.91 Å². The number of imide groups is 1. The molecule has 0 bridgehead atoms. The summed E-state index contributed by atoms with van der Waals surface area (Å²) in [5.74, 6) is -0.921. The number of benzene rings is 1. The van der Waals surface area contributed by atoms with Crippen LogP contribution in [0.4, 0.5) is 0 Å². The number of ether oxygens (including phenoxy) is 1. The molecule has 0 saturated carbocycles. The minimum absolute atomic E-state index is 0.215. The van der Waals surface area contributed by atoms with Crippen LogP contribution in [0, 0.1) is 0 Å². The highest BCUT2D eigenvalue weighted by atomic mass is 16.5. The van der Waals surface area contributed by atoms with Crippen molar-refractivity contribution in [1.29, 1.82) is 0 Å². The standard InChI is InChI=1S/C27H33N3O4/c1-2-3-7-23-22(17-30(27(23)33)24-12-13-25(31)28-26(24)32)19-34-18-21-10-8-20(9-11-21)16-29-14-5-4-6-15-29/h2-3,7-11,24H,1,4-6,12-19H2,(H,28,31,32)/b7-3-. The Morgan fingerprint density at radius 2 is 1.76 bits per heavy atom. The number of allylic oxidation sites excluding steroid dienone is 2. The van der Waals surface area contributed by atoms with Crippen molar-refractivity contribution in [3.63, 3.8) is 0 Å². The van der Waals surface area contributed by atoms with Crippen molar-refractivity contribution < 1.29 is 19.1 Å². The summed E-state index contributed by atoms with van der Waals surface area (Å²) in [6, 6.07) is 7.88. The molecule has 2 fully saturated rings. The van der Waals surface area contributed by atoms with Gasteiger partial charge in [-0.15, -0.1) is 0 Å². The summed E-state index contributed by atoms with van der Waals surface area (Å²) < 4.78 is 5.97. The van der Waals surface area contributed by atoms with E-state index in [2.05, 4.69) is 41.1 Å². The average Bonchev–Trinajstić information content (AvgIpc) is 3.14. The monoisotopic (exact) mass is 463 g/mol. The number of carbonyl (C=O) groups is 3. The second-order valence-electron chi connectivity index (χ2n) is 9.16. The molecular weight excluding hydrogens is 430 g/mol. The summed E-state index contributed by atoms with van der Waals surface area (Å²) in [5, 5.41) is 2.34. The van der Waals surface area contributed by atoms with Crippen molar-refractivity contribution in [2.75, 3.05) is 26.2 Å². The molecule has 3 amide bonds. The Bertz CT molecular complexity index is 990. The fraction of sp³-hybridized carbons (Fsp3) is 0.444. The molecule has 180 valence electrons. The van der Waals surface area contributed by atoms with Gasteiger partial charge >= 0.3 is 0 Å². The summed E-state index contributed by atoms with van der Waals surface area (Å²) in [7, 11) is 0. The number of piperidine rings is 2. The van der Waals surface area contributed by atoms with E-state index >= 15 is 0 Å². The Morgan fingerprint density at radius 1 is 1.03 bits per heavy atom. The molecule has 1 N–H and O–H groups in total. The van der Waals surface area contributed by atoms with Gasteiger partial charge in [0.05, 0.1) is 13.2 Å². The van der Waals surface area contributed by atoms with Crippen LogP contribution in [0.1, 0.15) is 43.2 Å². The number of carbonyl (C=O) groups excluding carboxylic acids is 3. The van der Waals surface area contributed by atoms with E-state index in [9.17, 15) is 14.4 Å². The van der Waals surface area contributed by atoms with Crippen LogP contribution in [0.15, 0.2) is 60.2 Å². The highest BCUT2D eigenvalue weighted by molar-refractivity contribution is 6.06. The zero-order chi connectivity index (χ0) is 23.9. The summed E-state index contributed by atoms with van der Waals surface area (Å²) >= 11 is 0. The second-order valence-corrected chi connectivity index (χ2v) is 9.16. The van der Waals surface area contributed by atoms with E-state index in [4.69, 9.17) is 4.74 Å². The molecule has 3 aliphatic rings. The maximum atomic E-state index is 13.0. The van der Waals surface area contributed by atoms with Crippen molar-refractivity contribution >= 4 is 17.7 Å². The van der Waals surface area contributed by atoms with Crippen molar-refractivity contribution in [1.82, 2.24) is 15.1 Å². The van der Waals surface area contributed by atoms with E-state index in [1.165, 1.54) is 37.9 Å². The van der Waals surface area contributed by atoms with Crippen molar-refractivity contribution in [3.8, 4) is 0 Å². The first-order chi connectivity index (χ1) is 16.5. The lowest BCUT2D eigenvalue weighted by molar-refractivity contribution is -0.142. The second kappa shape index (κ2) is 11.4. The minimum atomic E-state index is -0.637. The molecule has 3 heterocycles. The molecule has 0 spiro atoms. The van der Waals surface area contributed by atoms with Gasteiger partial charge in [0.2, 0.25) is 11.8 Å². The number of rotatable bonds is 9. The van der Waals surface area contributed by atoms with E-state index in [1.54, 1.807) is 23.1 Å². The highest BCUT2D eigenvalue weighted by Crippen LogP contribution is 2.26. The van der Waals surface area contributed by atoms with E-state index in [-0.39, 0.29) is 18.2 Å². The van der Waals surface area contributed by atoms with Crippen LogP contribution in [-0.4, -0.2) is 59.8 Å². The molecule has 1 atom stereocenters. The smallest absolute Gasteiger partial charge is 0.254 e. The first kappa shape index (κ1) is 24.1. The van der Waals surface area contributed by atoms with Crippen molar-refractivity contribution in [2.24, 2.45) is 0 Å². The largest absolute Gasteiger partial charge is 0.372 e. The fourth-order valence-electron chi connectivity index (χ4n) is 4.79. The van der Waals surface area contributed by atoms with Gasteiger partial charge in [-0.1, -0.05) is 49.4 Å². The Kier molecular flexibility index (Phi) is 8.08. The summed E-state index contributed by atoms with van der Waals surface area (Å²) in [6.45, 7) is 8.08. The third-order valence-electron chi connectivity index (χ3n) is 6.64. The maximum Gasteiger partial charge on any atom is 0.254 e. The van der Waals surface area contributed by atoms with Gasteiger partial charge < -0.3 is 9.64 Å². The first-order valence-electron chi connectivity index (χ1n) is 12.1. The van der Waals surface area contributed by atoms with Gasteiger partial charge in [-0.2, -0.15) is 0 Å². The number of nitrogens with zero attached hydrogens (tertiary/aromatic N) is 2. The molecule has 0 aromatic heterocycles. The third-order valence-corrected chi connectivity index (χ3v) is 6.64. The molecule has 4 rings (SSSR count). The van der Waals surface area contributed by atoms with Gasteiger partial charge in [0.1, 0.15) is 6.04 Å². The molecule has 34 heavy (non-hydrogen) atoms. The van der Waals surface area contributed by atoms with Crippen LogP contribution in [0.25, 0.3) is 0 Å². The number of nitrogens with one attached hydrogen (secondary N) is 1. The zero-order valence-corrected chi connectivity index (χ0v) is 19.6. The Hall–Kier alpha value is -3.03. The summed E-state index contributed by atoms with van der Waals surface area (Å²) in [5.41, 5.74) is 3.75. The molecule has 7 heteroatoms. The zero-order valence-electron chi connectivity index (χ0n) is 19.6. The van der Waals surface area contributed by atoms with Crippen LogP contribution in [0.2, 0.25) is 0 Å². The van der Waals surface area contributed by atoms with Crippen molar-refractivity contribution in [2.45, 2.75) is 51.3 Å². The molecular formula is C27H33N3O4. The Balaban J connectivity index is 1.34. The predicted molar refractivity (Wildman–Crippen MR) is 129 cm³/mol. The average molecular weight is 464 g/mol. The normalized spacial score (nSPS) is 22.1. The van der Waals surface area contributed by atoms with Crippen LogP contribution in [-0.2, 0) is 32.3 Å². The molecule has 1 unspecified atom stereocenters. The molecule has 1 aromatic rings. The third kappa shape index (κ3) is 5.90. The minimum Gasteiger partial charge on any atom is -0.372 e. The van der Waals surface area contributed by atoms with Gasteiger partial charge in [-0.25, -0.2) is 0 Å². The van der Waals surface area contributed by atoms with Crippen LogP contribution < -0.4 is 5.32 Å². The van der Waals surface area contributed by atoms with E-state index < -0.39 is 11.9 Å².